The van der Waals surface area contributed by atoms with Crippen LogP contribution in [0.5, 0.6) is 5.75 Å². The van der Waals surface area contributed by atoms with Crippen molar-refractivity contribution in [2.75, 3.05) is 31.9 Å². The van der Waals surface area contributed by atoms with Crippen molar-refractivity contribution in [1.29, 1.82) is 0 Å². The normalized spacial score (nSPS) is 23.2. The van der Waals surface area contributed by atoms with Gasteiger partial charge in [-0.1, -0.05) is 42.5 Å². The third kappa shape index (κ3) is 4.33. The number of anilines is 1. The number of carbonyl (C=O) groups is 1. The highest BCUT2D eigenvalue weighted by molar-refractivity contribution is 6.01. The van der Waals surface area contributed by atoms with Gasteiger partial charge in [-0.2, -0.15) is 0 Å². The first-order chi connectivity index (χ1) is 19.0. The fourth-order valence-corrected chi connectivity index (χ4v) is 6.53. The van der Waals surface area contributed by atoms with Crippen LogP contribution >= 0.6 is 0 Å². The largest absolute Gasteiger partial charge is 0.485 e. The summed E-state index contributed by atoms with van der Waals surface area (Å²) in [5.41, 5.74) is 11.9. The lowest BCUT2D eigenvalue weighted by Gasteiger charge is -2.46. The molecule has 200 valence electrons. The number of amides is 1. The summed E-state index contributed by atoms with van der Waals surface area (Å²) >= 11 is 0. The molecule has 8 heteroatoms. The molecule has 3 aliphatic rings. The van der Waals surface area contributed by atoms with Gasteiger partial charge in [0.2, 0.25) is 5.91 Å². The number of aryl methyl sites for hydroxylation is 1. The summed E-state index contributed by atoms with van der Waals surface area (Å²) in [6.07, 6.45) is 7.94. The van der Waals surface area contributed by atoms with Crippen LogP contribution in [0.2, 0.25) is 0 Å². The van der Waals surface area contributed by atoms with Crippen molar-refractivity contribution in [3.63, 3.8) is 0 Å². The summed E-state index contributed by atoms with van der Waals surface area (Å²) in [7, 11) is 0. The molecular weight excluding hydrogens is 488 g/mol. The van der Waals surface area contributed by atoms with Crippen molar-refractivity contribution in [2.24, 2.45) is 0 Å². The molecular formula is C31H34N6O2. The molecule has 2 fully saturated rings. The van der Waals surface area contributed by atoms with Crippen LogP contribution < -0.4 is 10.5 Å². The molecule has 2 aromatic heterocycles. The highest BCUT2D eigenvalue weighted by atomic mass is 16.5. The average Bonchev–Trinajstić information content (AvgIpc) is 3.33. The van der Waals surface area contributed by atoms with Crippen LogP contribution in [-0.4, -0.2) is 62.5 Å². The van der Waals surface area contributed by atoms with Crippen LogP contribution in [0.3, 0.4) is 0 Å². The standard InChI is InChI=1S/C31H34N6O2/c1-20(38)35-11-13-36(14-12-35)24-16-25(17-24)37-18-26(29-30(32)33-19-34-31(29)37)23-8-7-22-9-10-27(39-28(22)15-23)21-5-3-2-4-6-21/h2-8,15,18-19,24-25,27H,9-14,16-17H2,1H3,(H2,32,33,34)/t24-,25+,27?. The van der Waals surface area contributed by atoms with E-state index >= 15 is 0 Å². The van der Waals surface area contributed by atoms with Gasteiger partial charge in [0.25, 0.3) is 0 Å². The van der Waals surface area contributed by atoms with Gasteiger partial charge >= 0.3 is 0 Å². The summed E-state index contributed by atoms with van der Waals surface area (Å²) in [5.74, 6) is 1.62. The Hall–Kier alpha value is -3.91. The predicted octanol–water partition coefficient (Wildman–Crippen LogP) is 4.61. The Bertz CT molecular complexity index is 1520. The minimum Gasteiger partial charge on any atom is -0.485 e. The molecule has 2 aliphatic heterocycles. The number of benzene rings is 2. The van der Waals surface area contributed by atoms with Gasteiger partial charge in [-0.15, -0.1) is 0 Å². The maximum Gasteiger partial charge on any atom is 0.219 e. The highest BCUT2D eigenvalue weighted by Gasteiger charge is 2.37. The van der Waals surface area contributed by atoms with Crippen molar-refractivity contribution < 1.29 is 9.53 Å². The maximum absolute atomic E-state index is 11.7. The molecule has 0 bridgehead atoms. The van der Waals surface area contributed by atoms with Crippen molar-refractivity contribution >= 4 is 22.8 Å². The Morgan fingerprint density at radius 1 is 1.00 bits per heavy atom. The number of rotatable bonds is 4. The van der Waals surface area contributed by atoms with Gasteiger partial charge in [0.1, 0.15) is 29.6 Å². The molecule has 2 aromatic carbocycles. The van der Waals surface area contributed by atoms with E-state index in [-0.39, 0.29) is 12.0 Å². The Morgan fingerprint density at radius 2 is 1.79 bits per heavy atom. The minimum absolute atomic E-state index is 0.0629. The van der Waals surface area contributed by atoms with Gasteiger partial charge < -0.3 is 19.9 Å². The molecule has 0 radical (unpaired) electrons. The molecule has 1 saturated carbocycles. The summed E-state index contributed by atoms with van der Waals surface area (Å²) in [6, 6.07) is 17.9. The number of nitrogens with two attached hydrogens (primary N) is 1. The number of carbonyl (C=O) groups excluding carboxylic acids is 1. The quantitative estimate of drug-likeness (QED) is 0.421. The molecule has 1 amide bonds. The second kappa shape index (κ2) is 9.68. The van der Waals surface area contributed by atoms with Crippen molar-refractivity contribution in [3.8, 4) is 16.9 Å². The van der Waals surface area contributed by atoms with E-state index in [0.717, 1.165) is 79.8 Å². The number of aromatic nitrogens is 3. The van der Waals surface area contributed by atoms with Gasteiger partial charge in [0.15, 0.2) is 0 Å². The zero-order valence-corrected chi connectivity index (χ0v) is 22.3. The van der Waals surface area contributed by atoms with E-state index in [1.165, 1.54) is 11.1 Å². The number of piperazine rings is 1. The third-order valence-electron chi connectivity index (χ3n) is 8.89. The number of hydrogen-bond acceptors (Lipinski definition) is 6. The van der Waals surface area contributed by atoms with Gasteiger partial charge in [-0.3, -0.25) is 9.69 Å². The molecule has 4 heterocycles. The van der Waals surface area contributed by atoms with E-state index in [1.807, 2.05) is 11.0 Å². The molecule has 39 heavy (non-hydrogen) atoms. The first kappa shape index (κ1) is 24.2. The van der Waals surface area contributed by atoms with Crippen molar-refractivity contribution in [1.82, 2.24) is 24.3 Å². The maximum atomic E-state index is 11.7. The summed E-state index contributed by atoms with van der Waals surface area (Å²) in [4.78, 5) is 25.2. The molecule has 4 aromatic rings. The zero-order valence-electron chi connectivity index (χ0n) is 22.3. The van der Waals surface area contributed by atoms with E-state index in [1.54, 1.807) is 13.3 Å². The predicted molar refractivity (Wildman–Crippen MR) is 151 cm³/mol. The Balaban J connectivity index is 1.15. The number of fused-ring (bicyclic) bond motifs is 2. The van der Waals surface area contributed by atoms with Crippen LogP contribution in [0.25, 0.3) is 22.2 Å². The molecule has 1 atom stereocenters. The number of nitrogens with zero attached hydrogens (tertiary/aromatic N) is 5. The van der Waals surface area contributed by atoms with E-state index in [4.69, 9.17) is 10.5 Å². The molecule has 1 unspecified atom stereocenters. The second-order valence-corrected chi connectivity index (χ2v) is 11.1. The number of nitrogen functional groups attached to an aromatic ring is 1. The molecule has 2 N–H and O–H groups in total. The molecule has 0 spiro atoms. The fraction of sp³-hybridized carbons (Fsp3) is 0.387. The van der Waals surface area contributed by atoms with Gasteiger partial charge in [-0.05, 0) is 48.4 Å². The van der Waals surface area contributed by atoms with Crippen LogP contribution in [-0.2, 0) is 11.2 Å². The lowest BCUT2D eigenvalue weighted by Crippen LogP contribution is -2.54. The van der Waals surface area contributed by atoms with Crippen LogP contribution in [0.15, 0.2) is 61.1 Å². The van der Waals surface area contributed by atoms with E-state index < -0.39 is 0 Å². The average molecular weight is 523 g/mol. The molecule has 7 rings (SSSR count). The number of ether oxygens (including phenoxy) is 1. The van der Waals surface area contributed by atoms with Crippen molar-refractivity contribution in [3.05, 3.63) is 72.2 Å². The monoisotopic (exact) mass is 522 g/mol. The summed E-state index contributed by atoms with van der Waals surface area (Å²) in [5, 5.41) is 0.909. The van der Waals surface area contributed by atoms with Gasteiger partial charge in [-0.25, -0.2) is 9.97 Å². The second-order valence-electron chi connectivity index (χ2n) is 11.1. The Labute approximate surface area is 228 Å². The van der Waals surface area contributed by atoms with Gasteiger partial charge in [0, 0.05) is 56.9 Å². The Kier molecular flexibility index (Phi) is 6.00. The van der Waals surface area contributed by atoms with Crippen LogP contribution in [0.4, 0.5) is 5.82 Å². The minimum atomic E-state index is 0.0629. The highest BCUT2D eigenvalue weighted by Crippen LogP contribution is 2.44. The van der Waals surface area contributed by atoms with E-state index in [2.05, 4.69) is 68.1 Å². The Morgan fingerprint density at radius 3 is 2.56 bits per heavy atom. The number of hydrogen-bond donors (Lipinski definition) is 1. The lowest BCUT2D eigenvalue weighted by atomic mass is 9.85. The smallest absolute Gasteiger partial charge is 0.219 e. The third-order valence-corrected chi connectivity index (χ3v) is 8.89. The summed E-state index contributed by atoms with van der Waals surface area (Å²) in [6.45, 7) is 5.20. The van der Waals surface area contributed by atoms with Crippen LogP contribution in [0.1, 0.15) is 49.5 Å². The lowest BCUT2D eigenvalue weighted by molar-refractivity contribution is -0.131. The molecule has 1 aliphatic carbocycles. The molecule has 8 nitrogen and oxygen atoms in total. The van der Waals surface area contributed by atoms with Crippen LogP contribution in [0, 0.1) is 0 Å². The first-order valence-corrected chi connectivity index (χ1v) is 14.0. The SMILES string of the molecule is CC(=O)N1CCN([C@H]2C[C@@H](n3cc(-c4ccc5c(c4)OC(c4ccccc4)CC5)c4c(N)ncnc43)C2)CC1. The molecule has 1 saturated heterocycles. The van der Waals surface area contributed by atoms with Gasteiger partial charge in [0.05, 0.1) is 5.39 Å². The van der Waals surface area contributed by atoms with Crippen molar-refractivity contribution in [2.45, 2.75) is 50.8 Å². The fourth-order valence-electron chi connectivity index (χ4n) is 6.53. The van der Waals surface area contributed by atoms with E-state index in [0.29, 0.717) is 17.9 Å². The topological polar surface area (TPSA) is 89.5 Å². The summed E-state index contributed by atoms with van der Waals surface area (Å²) < 4.78 is 8.82. The first-order valence-electron chi connectivity index (χ1n) is 14.0. The zero-order chi connectivity index (χ0) is 26.5. The van der Waals surface area contributed by atoms with E-state index in [9.17, 15) is 4.79 Å².